The molecule has 92 valence electrons. The summed E-state index contributed by atoms with van der Waals surface area (Å²) >= 11 is 0. The van der Waals surface area contributed by atoms with E-state index >= 15 is 0 Å². The Kier molecular flexibility index (Phi) is 6.14. The first-order valence-electron chi connectivity index (χ1n) is 5.10. The molecule has 6 nitrogen and oxygen atoms in total. The zero-order valence-electron chi connectivity index (χ0n) is 9.78. The lowest BCUT2D eigenvalue weighted by atomic mass is 9.97. The topological polar surface area (TPSA) is 98.5 Å². The molecule has 16 heavy (non-hydrogen) atoms. The van der Waals surface area contributed by atoms with Crippen molar-refractivity contribution in [2.24, 2.45) is 11.7 Å². The highest BCUT2D eigenvalue weighted by Gasteiger charge is 2.25. The number of hydrogen-bond acceptors (Lipinski definition) is 4. The Labute approximate surface area is 94.5 Å². The van der Waals surface area contributed by atoms with Crippen molar-refractivity contribution in [1.29, 1.82) is 0 Å². The maximum absolute atomic E-state index is 11.2. The van der Waals surface area contributed by atoms with E-state index in [0.717, 1.165) is 0 Å². The van der Waals surface area contributed by atoms with Crippen LogP contribution >= 0.6 is 0 Å². The molecule has 3 N–H and O–H groups in total. The minimum absolute atomic E-state index is 0.0434. The first kappa shape index (κ1) is 14.4. The van der Waals surface area contributed by atoms with Gasteiger partial charge in [-0.1, -0.05) is 6.92 Å². The second-order valence-electron chi connectivity index (χ2n) is 3.57. The molecule has 0 aliphatic carbocycles. The molecule has 0 saturated heterocycles. The van der Waals surface area contributed by atoms with E-state index in [2.05, 4.69) is 5.32 Å². The van der Waals surface area contributed by atoms with Gasteiger partial charge in [-0.25, -0.2) is 0 Å². The van der Waals surface area contributed by atoms with Crippen LogP contribution in [0.15, 0.2) is 0 Å². The van der Waals surface area contributed by atoms with Crippen LogP contribution < -0.4 is 11.1 Å². The van der Waals surface area contributed by atoms with Gasteiger partial charge in [0.25, 0.3) is 0 Å². The van der Waals surface area contributed by atoms with Crippen LogP contribution in [0.5, 0.6) is 0 Å². The van der Waals surface area contributed by atoms with E-state index in [4.69, 9.17) is 10.5 Å². The Morgan fingerprint density at radius 3 is 2.31 bits per heavy atom. The molecule has 0 aromatic rings. The quantitative estimate of drug-likeness (QED) is 0.604. The Morgan fingerprint density at radius 1 is 1.38 bits per heavy atom. The lowest BCUT2D eigenvalue weighted by Crippen LogP contribution is -2.48. The summed E-state index contributed by atoms with van der Waals surface area (Å²) in [5, 5.41) is 2.41. The third-order valence-electron chi connectivity index (χ3n) is 2.03. The number of esters is 1. The fourth-order valence-electron chi connectivity index (χ4n) is 1.31. The van der Waals surface area contributed by atoms with Crippen molar-refractivity contribution in [3.8, 4) is 0 Å². The normalized spacial score (nSPS) is 13.7. The summed E-state index contributed by atoms with van der Waals surface area (Å²) in [5.41, 5.74) is 5.13. The predicted octanol–water partition coefficient (Wildman–Crippen LogP) is -0.434. The lowest BCUT2D eigenvalue weighted by Gasteiger charge is -2.20. The fraction of sp³-hybridized carbons (Fsp3) is 0.700. The van der Waals surface area contributed by atoms with Gasteiger partial charge in [-0.05, 0) is 12.8 Å². The van der Waals surface area contributed by atoms with E-state index in [-0.39, 0.29) is 24.9 Å². The van der Waals surface area contributed by atoms with Crippen molar-refractivity contribution in [3.05, 3.63) is 0 Å². The zero-order chi connectivity index (χ0) is 12.7. The van der Waals surface area contributed by atoms with Gasteiger partial charge in [0.1, 0.15) is 6.04 Å². The summed E-state index contributed by atoms with van der Waals surface area (Å²) in [6.07, 6.45) is 0.0434. The van der Waals surface area contributed by atoms with Gasteiger partial charge >= 0.3 is 5.97 Å². The number of amides is 2. The van der Waals surface area contributed by atoms with Crippen LogP contribution in [0.2, 0.25) is 0 Å². The number of carbonyl (C=O) groups excluding carboxylic acids is 3. The van der Waals surface area contributed by atoms with E-state index in [0.29, 0.717) is 0 Å². The highest BCUT2D eigenvalue weighted by Crippen LogP contribution is 2.09. The standard InChI is InChI=1S/C10H18N2O4/c1-4-16-8(14)5-6(2)9(10(11)15)12-7(3)13/h6,9H,4-5H2,1-3H3,(H2,11,15)(H,12,13)/t6-,9+/m1/s1. The van der Waals surface area contributed by atoms with Crippen LogP contribution in [0.4, 0.5) is 0 Å². The van der Waals surface area contributed by atoms with Crippen molar-refractivity contribution in [1.82, 2.24) is 5.32 Å². The number of primary amides is 1. The van der Waals surface area contributed by atoms with Gasteiger partial charge in [-0.3, -0.25) is 14.4 Å². The second-order valence-corrected chi connectivity index (χ2v) is 3.57. The van der Waals surface area contributed by atoms with E-state index in [1.54, 1.807) is 13.8 Å². The van der Waals surface area contributed by atoms with Crippen molar-refractivity contribution >= 4 is 17.8 Å². The summed E-state index contributed by atoms with van der Waals surface area (Å²) < 4.78 is 4.74. The smallest absolute Gasteiger partial charge is 0.306 e. The first-order chi connectivity index (χ1) is 7.38. The molecule has 0 heterocycles. The molecule has 0 aliphatic rings. The van der Waals surface area contributed by atoms with Crippen LogP contribution in [-0.4, -0.2) is 30.4 Å². The average Bonchev–Trinajstić information content (AvgIpc) is 2.13. The monoisotopic (exact) mass is 230 g/mol. The molecule has 0 aliphatic heterocycles. The van der Waals surface area contributed by atoms with E-state index < -0.39 is 17.9 Å². The Hall–Kier alpha value is -1.59. The molecule has 0 aromatic carbocycles. The minimum Gasteiger partial charge on any atom is -0.466 e. The second kappa shape index (κ2) is 6.81. The van der Waals surface area contributed by atoms with Crippen molar-refractivity contribution < 1.29 is 19.1 Å². The first-order valence-corrected chi connectivity index (χ1v) is 5.10. The number of carbonyl (C=O) groups is 3. The third-order valence-corrected chi connectivity index (χ3v) is 2.03. The molecule has 0 rings (SSSR count). The lowest BCUT2D eigenvalue weighted by molar-refractivity contribution is -0.144. The Morgan fingerprint density at radius 2 is 1.94 bits per heavy atom. The molecule has 2 atom stereocenters. The molecule has 0 fully saturated rings. The van der Waals surface area contributed by atoms with Crippen LogP contribution in [0.1, 0.15) is 27.2 Å². The molecule has 0 saturated carbocycles. The molecule has 2 amide bonds. The number of ether oxygens (including phenoxy) is 1. The fourth-order valence-corrected chi connectivity index (χ4v) is 1.31. The van der Waals surface area contributed by atoms with Crippen molar-refractivity contribution in [2.75, 3.05) is 6.61 Å². The van der Waals surface area contributed by atoms with Gasteiger partial charge in [-0.2, -0.15) is 0 Å². The number of nitrogens with two attached hydrogens (primary N) is 1. The molecule has 6 heteroatoms. The van der Waals surface area contributed by atoms with Crippen LogP contribution in [0.25, 0.3) is 0 Å². The molecule has 0 spiro atoms. The SMILES string of the molecule is CCOC(=O)C[C@@H](C)[C@H](NC(C)=O)C(N)=O. The van der Waals surface area contributed by atoms with Crippen LogP contribution in [-0.2, 0) is 19.1 Å². The highest BCUT2D eigenvalue weighted by molar-refractivity contribution is 5.86. The van der Waals surface area contributed by atoms with E-state index in [1.165, 1.54) is 6.92 Å². The summed E-state index contributed by atoms with van der Waals surface area (Å²) in [7, 11) is 0. The largest absolute Gasteiger partial charge is 0.466 e. The van der Waals surface area contributed by atoms with Crippen LogP contribution in [0, 0.1) is 5.92 Å². The summed E-state index contributed by atoms with van der Waals surface area (Å²) in [5.74, 6) is -1.82. The predicted molar refractivity (Wildman–Crippen MR) is 57.2 cm³/mol. The van der Waals surface area contributed by atoms with Gasteiger partial charge in [0.15, 0.2) is 0 Å². The van der Waals surface area contributed by atoms with Gasteiger partial charge in [0.2, 0.25) is 11.8 Å². The van der Waals surface area contributed by atoms with Gasteiger partial charge < -0.3 is 15.8 Å². The summed E-state index contributed by atoms with van der Waals surface area (Å²) in [4.78, 5) is 33.1. The average molecular weight is 230 g/mol. The molecule has 0 bridgehead atoms. The van der Waals surface area contributed by atoms with Gasteiger partial charge in [-0.15, -0.1) is 0 Å². The van der Waals surface area contributed by atoms with E-state index in [9.17, 15) is 14.4 Å². The van der Waals surface area contributed by atoms with Crippen molar-refractivity contribution in [3.63, 3.8) is 0 Å². The number of rotatable bonds is 6. The summed E-state index contributed by atoms with van der Waals surface area (Å²) in [6.45, 7) is 4.92. The molecule has 0 aromatic heterocycles. The molecule has 0 unspecified atom stereocenters. The third kappa shape index (κ3) is 5.33. The molecular weight excluding hydrogens is 212 g/mol. The number of hydrogen-bond donors (Lipinski definition) is 2. The maximum Gasteiger partial charge on any atom is 0.306 e. The maximum atomic E-state index is 11.2. The minimum atomic E-state index is -0.845. The van der Waals surface area contributed by atoms with Crippen LogP contribution in [0.3, 0.4) is 0 Å². The Bertz CT molecular complexity index is 278. The zero-order valence-corrected chi connectivity index (χ0v) is 9.78. The number of nitrogens with one attached hydrogen (secondary N) is 1. The summed E-state index contributed by atoms with van der Waals surface area (Å²) in [6, 6.07) is -0.845. The molecular formula is C10H18N2O4. The highest BCUT2D eigenvalue weighted by atomic mass is 16.5. The molecule has 0 radical (unpaired) electrons. The van der Waals surface area contributed by atoms with Crippen molar-refractivity contribution in [2.45, 2.75) is 33.2 Å². The van der Waals surface area contributed by atoms with Gasteiger partial charge in [0, 0.05) is 6.92 Å². The van der Waals surface area contributed by atoms with E-state index in [1.807, 2.05) is 0 Å². The van der Waals surface area contributed by atoms with Gasteiger partial charge in [0.05, 0.1) is 13.0 Å². The Balaban J connectivity index is 4.38.